The van der Waals surface area contributed by atoms with Gasteiger partial charge in [0, 0.05) is 18.2 Å². The molecule has 2 aromatic rings. The lowest BCUT2D eigenvalue weighted by atomic mass is 9.99. The third-order valence-corrected chi connectivity index (χ3v) is 5.25. The highest BCUT2D eigenvalue weighted by molar-refractivity contribution is 6.05. The van der Waals surface area contributed by atoms with Crippen LogP contribution in [0.5, 0.6) is 5.75 Å². The number of carbonyl (C=O) groups excluding carboxylic acids is 4. The maximum atomic E-state index is 12.5. The number of anilines is 2. The first-order valence-electron chi connectivity index (χ1n) is 9.53. The molecular weight excluding hydrogens is 388 g/mol. The molecule has 154 valence electrons. The van der Waals surface area contributed by atoms with Gasteiger partial charge in [-0.15, -0.1) is 0 Å². The molecule has 0 unspecified atom stereocenters. The molecule has 0 saturated carbocycles. The van der Waals surface area contributed by atoms with Crippen molar-refractivity contribution in [2.24, 2.45) is 0 Å². The third kappa shape index (κ3) is 3.52. The predicted molar refractivity (Wildman–Crippen MR) is 108 cm³/mol. The molecule has 0 bridgehead atoms. The zero-order valence-corrected chi connectivity index (χ0v) is 16.5. The standard InChI is InChI=1S/C22H20N2O6/c1-12-15-9-14(7-8-16(15)23-21(12)27)18(26)11-29-22(28)20-10-24(13(2)25)17-5-3-4-6-19(17)30-20/h3-9,12,20H,10-11H2,1-2H3,(H,23,27)/t12-,20+/m0/s1. The SMILES string of the molecule is CC(=O)N1C[C@H](C(=O)OCC(=O)c2ccc3c(c2)[C@H](C)C(=O)N3)Oc2ccccc21. The molecule has 0 radical (unpaired) electrons. The summed E-state index contributed by atoms with van der Waals surface area (Å²) in [4.78, 5) is 50.2. The van der Waals surface area contributed by atoms with Crippen LogP contribution in [0.15, 0.2) is 42.5 Å². The number of carbonyl (C=O) groups is 4. The molecule has 1 N–H and O–H groups in total. The topological polar surface area (TPSA) is 102 Å². The molecule has 4 rings (SSSR count). The summed E-state index contributed by atoms with van der Waals surface area (Å²) in [5.41, 5.74) is 2.35. The van der Waals surface area contributed by atoms with Crippen LogP contribution in [0.4, 0.5) is 11.4 Å². The molecule has 2 heterocycles. The van der Waals surface area contributed by atoms with Gasteiger partial charge in [0.25, 0.3) is 0 Å². The van der Waals surface area contributed by atoms with Crippen LogP contribution in [0.25, 0.3) is 0 Å². The van der Waals surface area contributed by atoms with Gasteiger partial charge in [-0.05, 0) is 42.8 Å². The fourth-order valence-corrected chi connectivity index (χ4v) is 3.56. The Morgan fingerprint density at radius 2 is 1.97 bits per heavy atom. The van der Waals surface area contributed by atoms with Gasteiger partial charge in [-0.3, -0.25) is 14.4 Å². The molecule has 2 aliphatic rings. The van der Waals surface area contributed by atoms with Crippen LogP contribution in [0, 0.1) is 0 Å². The highest BCUT2D eigenvalue weighted by atomic mass is 16.6. The lowest BCUT2D eigenvalue weighted by Crippen LogP contribution is -2.47. The zero-order chi connectivity index (χ0) is 21.4. The molecule has 2 aliphatic heterocycles. The van der Waals surface area contributed by atoms with Gasteiger partial charge in [0.2, 0.25) is 17.9 Å². The summed E-state index contributed by atoms with van der Waals surface area (Å²) in [5.74, 6) is -1.41. The number of hydrogen-bond donors (Lipinski definition) is 1. The highest BCUT2D eigenvalue weighted by Crippen LogP contribution is 2.34. The van der Waals surface area contributed by atoms with Crippen LogP contribution < -0.4 is 15.0 Å². The van der Waals surface area contributed by atoms with Gasteiger partial charge in [-0.1, -0.05) is 12.1 Å². The number of nitrogens with one attached hydrogen (secondary N) is 1. The molecule has 30 heavy (non-hydrogen) atoms. The molecule has 8 nitrogen and oxygen atoms in total. The fourth-order valence-electron chi connectivity index (χ4n) is 3.56. The molecule has 0 saturated heterocycles. The molecule has 0 aliphatic carbocycles. The van der Waals surface area contributed by atoms with Crippen molar-refractivity contribution in [1.82, 2.24) is 0 Å². The van der Waals surface area contributed by atoms with E-state index in [1.165, 1.54) is 11.8 Å². The summed E-state index contributed by atoms with van der Waals surface area (Å²) >= 11 is 0. The van der Waals surface area contributed by atoms with Crippen LogP contribution in [-0.4, -0.2) is 42.8 Å². The maximum Gasteiger partial charge on any atom is 0.349 e. The van der Waals surface area contributed by atoms with E-state index >= 15 is 0 Å². The number of ether oxygens (including phenoxy) is 2. The molecule has 0 spiro atoms. The molecule has 2 atom stereocenters. The van der Waals surface area contributed by atoms with Crippen molar-refractivity contribution in [3.63, 3.8) is 0 Å². The molecule has 8 heteroatoms. The summed E-state index contributed by atoms with van der Waals surface area (Å²) in [6.07, 6.45) is -1.03. The normalized spacial score (nSPS) is 19.3. The number of nitrogens with zero attached hydrogens (tertiary/aromatic N) is 1. The minimum absolute atomic E-state index is 0.00348. The van der Waals surface area contributed by atoms with E-state index in [9.17, 15) is 19.2 Å². The largest absolute Gasteiger partial charge is 0.475 e. The number of Topliss-reactive ketones (excluding diaryl/α,β-unsaturated/α-hetero) is 1. The molecular formula is C22H20N2O6. The van der Waals surface area contributed by atoms with Crippen molar-refractivity contribution in [3.05, 3.63) is 53.6 Å². The fraction of sp³-hybridized carbons (Fsp3) is 0.273. The quantitative estimate of drug-likeness (QED) is 0.615. The smallest absolute Gasteiger partial charge is 0.349 e. The molecule has 2 aromatic carbocycles. The highest BCUT2D eigenvalue weighted by Gasteiger charge is 2.34. The Morgan fingerprint density at radius 3 is 2.73 bits per heavy atom. The summed E-state index contributed by atoms with van der Waals surface area (Å²) in [5, 5.41) is 2.74. The molecule has 0 aromatic heterocycles. The Kier molecular flexibility index (Phi) is 4.99. The first-order chi connectivity index (χ1) is 14.3. The zero-order valence-electron chi connectivity index (χ0n) is 16.5. The predicted octanol–water partition coefficient (Wildman–Crippen LogP) is 2.28. The minimum atomic E-state index is -1.03. The van der Waals surface area contributed by atoms with Crippen molar-refractivity contribution < 1.29 is 28.7 Å². The molecule has 2 amide bonds. The third-order valence-electron chi connectivity index (χ3n) is 5.25. The Morgan fingerprint density at radius 1 is 1.20 bits per heavy atom. The summed E-state index contributed by atoms with van der Waals surface area (Å²) in [6, 6.07) is 11.8. The Balaban J connectivity index is 1.42. The Labute approximate surface area is 172 Å². The van der Waals surface area contributed by atoms with Crippen molar-refractivity contribution in [1.29, 1.82) is 0 Å². The van der Waals surface area contributed by atoms with Crippen LogP contribution in [0.2, 0.25) is 0 Å². The number of benzene rings is 2. The van der Waals surface area contributed by atoms with Crippen LogP contribution >= 0.6 is 0 Å². The number of para-hydroxylation sites is 2. The summed E-state index contributed by atoms with van der Waals surface area (Å²) in [6.45, 7) is 2.70. The van der Waals surface area contributed by atoms with Crippen LogP contribution in [0.3, 0.4) is 0 Å². The van der Waals surface area contributed by atoms with E-state index in [1.54, 1.807) is 49.4 Å². The van der Waals surface area contributed by atoms with Crippen molar-refractivity contribution in [2.75, 3.05) is 23.4 Å². The number of fused-ring (bicyclic) bond motifs is 2. The first kappa shape index (κ1) is 19.6. The lowest BCUT2D eigenvalue weighted by molar-refractivity contribution is -0.150. The van der Waals surface area contributed by atoms with E-state index in [-0.39, 0.29) is 24.3 Å². The van der Waals surface area contributed by atoms with E-state index in [0.717, 1.165) is 5.56 Å². The monoisotopic (exact) mass is 408 g/mol. The average Bonchev–Trinajstić information content (AvgIpc) is 3.03. The second-order valence-electron chi connectivity index (χ2n) is 7.25. The van der Waals surface area contributed by atoms with E-state index in [0.29, 0.717) is 22.7 Å². The second-order valence-corrected chi connectivity index (χ2v) is 7.25. The minimum Gasteiger partial charge on any atom is -0.475 e. The van der Waals surface area contributed by atoms with E-state index < -0.39 is 24.5 Å². The maximum absolute atomic E-state index is 12.5. The number of hydrogen-bond acceptors (Lipinski definition) is 6. The Bertz CT molecular complexity index is 1060. The number of ketones is 1. The van der Waals surface area contributed by atoms with Crippen molar-refractivity contribution in [2.45, 2.75) is 25.9 Å². The number of esters is 1. The van der Waals surface area contributed by atoms with Crippen molar-refractivity contribution >= 4 is 34.9 Å². The van der Waals surface area contributed by atoms with E-state index in [2.05, 4.69) is 5.32 Å². The van der Waals surface area contributed by atoms with Crippen LogP contribution in [0.1, 0.15) is 35.7 Å². The number of rotatable bonds is 4. The van der Waals surface area contributed by atoms with Gasteiger partial charge < -0.3 is 19.7 Å². The Hall–Kier alpha value is -3.68. The van der Waals surface area contributed by atoms with Gasteiger partial charge >= 0.3 is 5.97 Å². The van der Waals surface area contributed by atoms with Gasteiger partial charge in [0.05, 0.1) is 18.2 Å². The molecule has 0 fully saturated rings. The summed E-state index contributed by atoms with van der Waals surface area (Å²) < 4.78 is 10.8. The van der Waals surface area contributed by atoms with Gasteiger partial charge in [-0.2, -0.15) is 0 Å². The van der Waals surface area contributed by atoms with Gasteiger partial charge in [0.1, 0.15) is 5.75 Å². The second kappa shape index (κ2) is 7.62. The van der Waals surface area contributed by atoms with Crippen LogP contribution in [-0.2, 0) is 19.1 Å². The summed E-state index contributed by atoms with van der Waals surface area (Å²) in [7, 11) is 0. The number of amides is 2. The van der Waals surface area contributed by atoms with E-state index in [4.69, 9.17) is 9.47 Å². The average molecular weight is 408 g/mol. The lowest BCUT2D eigenvalue weighted by Gasteiger charge is -2.33. The van der Waals surface area contributed by atoms with Crippen molar-refractivity contribution in [3.8, 4) is 5.75 Å². The first-order valence-corrected chi connectivity index (χ1v) is 9.53. The van der Waals surface area contributed by atoms with Gasteiger partial charge in [0.15, 0.2) is 12.4 Å². The van der Waals surface area contributed by atoms with Gasteiger partial charge in [-0.25, -0.2) is 4.79 Å². The van der Waals surface area contributed by atoms with E-state index in [1.807, 2.05) is 0 Å².